The molecule has 1 atom stereocenters. The number of unbranched alkanes of at least 4 members (excludes halogenated alkanes) is 2. The largest absolute Gasteiger partial charge is 0.329 e. The van der Waals surface area contributed by atoms with Crippen molar-refractivity contribution in [3.05, 3.63) is 35.9 Å². The van der Waals surface area contributed by atoms with Gasteiger partial charge in [-0.25, -0.2) is 0 Å². The van der Waals surface area contributed by atoms with E-state index in [1.165, 1.54) is 24.8 Å². The Morgan fingerprint density at radius 1 is 1.16 bits per heavy atom. The van der Waals surface area contributed by atoms with Crippen molar-refractivity contribution >= 4 is 0 Å². The van der Waals surface area contributed by atoms with Gasteiger partial charge in [-0.05, 0) is 45.3 Å². The van der Waals surface area contributed by atoms with E-state index >= 15 is 0 Å². The second kappa shape index (κ2) is 8.34. The molecule has 108 valence electrons. The molecule has 2 N–H and O–H groups in total. The third kappa shape index (κ3) is 5.33. The average molecular weight is 262 g/mol. The molecule has 0 aliphatic heterocycles. The minimum absolute atomic E-state index is 0.115. The first-order valence-corrected chi connectivity index (χ1v) is 7.57. The Morgan fingerprint density at radius 3 is 2.42 bits per heavy atom. The molecule has 1 rings (SSSR count). The zero-order valence-electron chi connectivity index (χ0n) is 12.9. The third-order valence-electron chi connectivity index (χ3n) is 4.25. The average Bonchev–Trinajstić information content (AvgIpc) is 2.46. The molecule has 19 heavy (non-hydrogen) atoms. The van der Waals surface area contributed by atoms with Gasteiger partial charge in [-0.2, -0.15) is 0 Å². The van der Waals surface area contributed by atoms with Crippen LogP contribution >= 0.6 is 0 Å². The molecular weight excluding hydrogens is 232 g/mol. The monoisotopic (exact) mass is 262 g/mol. The SMILES string of the molecule is CCCCCN(C)C(C)(CN)CCc1ccccc1. The molecule has 0 saturated heterocycles. The van der Waals surface area contributed by atoms with Crippen molar-refractivity contribution in [2.24, 2.45) is 5.73 Å². The summed E-state index contributed by atoms with van der Waals surface area (Å²) in [5, 5.41) is 0. The number of rotatable bonds is 9. The molecule has 1 aromatic rings. The molecule has 2 heteroatoms. The highest BCUT2D eigenvalue weighted by atomic mass is 15.2. The van der Waals surface area contributed by atoms with Crippen LogP contribution in [-0.2, 0) is 6.42 Å². The first kappa shape index (κ1) is 16.2. The summed E-state index contributed by atoms with van der Waals surface area (Å²) in [5.74, 6) is 0. The van der Waals surface area contributed by atoms with Gasteiger partial charge in [-0.1, -0.05) is 50.1 Å². The Balaban J connectivity index is 2.49. The van der Waals surface area contributed by atoms with E-state index in [0.29, 0.717) is 0 Å². The van der Waals surface area contributed by atoms with Crippen molar-refractivity contribution in [1.29, 1.82) is 0 Å². The molecule has 2 nitrogen and oxygen atoms in total. The van der Waals surface area contributed by atoms with E-state index < -0.39 is 0 Å². The second-order valence-electron chi connectivity index (χ2n) is 5.82. The summed E-state index contributed by atoms with van der Waals surface area (Å²) in [6.45, 7) is 6.41. The van der Waals surface area contributed by atoms with E-state index in [4.69, 9.17) is 5.73 Å². The van der Waals surface area contributed by atoms with E-state index in [0.717, 1.165) is 25.9 Å². The van der Waals surface area contributed by atoms with Crippen molar-refractivity contribution in [3.63, 3.8) is 0 Å². The van der Waals surface area contributed by atoms with Gasteiger partial charge in [0, 0.05) is 12.1 Å². The molecule has 0 amide bonds. The fourth-order valence-corrected chi connectivity index (χ4v) is 2.38. The summed E-state index contributed by atoms with van der Waals surface area (Å²) in [6, 6.07) is 10.7. The summed E-state index contributed by atoms with van der Waals surface area (Å²) >= 11 is 0. The summed E-state index contributed by atoms with van der Waals surface area (Å²) in [7, 11) is 2.22. The maximum absolute atomic E-state index is 6.03. The Bertz CT molecular complexity index is 336. The van der Waals surface area contributed by atoms with Crippen molar-refractivity contribution in [3.8, 4) is 0 Å². The van der Waals surface area contributed by atoms with Crippen LogP contribution in [0.3, 0.4) is 0 Å². The highest BCUT2D eigenvalue weighted by Gasteiger charge is 2.26. The topological polar surface area (TPSA) is 29.3 Å². The Labute approximate surface area is 119 Å². The molecular formula is C17H30N2. The van der Waals surface area contributed by atoms with Crippen LogP contribution in [0.15, 0.2) is 30.3 Å². The van der Waals surface area contributed by atoms with E-state index in [-0.39, 0.29) is 5.54 Å². The fourth-order valence-electron chi connectivity index (χ4n) is 2.38. The van der Waals surface area contributed by atoms with Crippen LogP contribution in [0.1, 0.15) is 45.1 Å². The minimum atomic E-state index is 0.115. The molecule has 1 unspecified atom stereocenters. The van der Waals surface area contributed by atoms with Crippen molar-refractivity contribution < 1.29 is 0 Å². The predicted octanol–water partition coefficient (Wildman–Crippen LogP) is 3.46. The number of nitrogens with two attached hydrogens (primary N) is 1. The molecule has 0 saturated carbocycles. The fraction of sp³-hybridized carbons (Fsp3) is 0.647. The first-order valence-electron chi connectivity index (χ1n) is 7.57. The Hall–Kier alpha value is -0.860. The van der Waals surface area contributed by atoms with Crippen LogP contribution in [0.2, 0.25) is 0 Å². The molecule has 1 aromatic carbocycles. The van der Waals surface area contributed by atoms with Crippen LogP contribution in [0.5, 0.6) is 0 Å². The van der Waals surface area contributed by atoms with Gasteiger partial charge in [0.25, 0.3) is 0 Å². The van der Waals surface area contributed by atoms with Crippen molar-refractivity contribution in [2.45, 2.75) is 51.5 Å². The van der Waals surface area contributed by atoms with Crippen LogP contribution < -0.4 is 5.73 Å². The Morgan fingerprint density at radius 2 is 1.84 bits per heavy atom. The summed E-state index contributed by atoms with van der Waals surface area (Å²) in [6.07, 6.45) is 6.08. The van der Waals surface area contributed by atoms with Gasteiger partial charge in [0.05, 0.1) is 0 Å². The highest BCUT2D eigenvalue weighted by Crippen LogP contribution is 2.20. The van der Waals surface area contributed by atoms with Gasteiger partial charge < -0.3 is 5.73 Å². The van der Waals surface area contributed by atoms with Gasteiger partial charge in [-0.3, -0.25) is 4.90 Å². The van der Waals surface area contributed by atoms with Crippen LogP contribution in [0.25, 0.3) is 0 Å². The number of hydrogen-bond donors (Lipinski definition) is 1. The van der Waals surface area contributed by atoms with Crippen LogP contribution in [0.4, 0.5) is 0 Å². The molecule has 0 aliphatic carbocycles. The normalized spacial score (nSPS) is 14.6. The first-order chi connectivity index (χ1) is 9.12. The quantitative estimate of drug-likeness (QED) is 0.691. The standard InChI is InChI=1S/C17H30N2/c1-4-5-9-14-19(3)17(2,15-18)13-12-16-10-7-6-8-11-16/h6-8,10-11H,4-5,9,12-15,18H2,1-3H3. The van der Waals surface area contributed by atoms with E-state index in [1.807, 2.05) is 0 Å². The van der Waals surface area contributed by atoms with Gasteiger partial charge in [-0.15, -0.1) is 0 Å². The maximum atomic E-state index is 6.03. The van der Waals surface area contributed by atoms with Gasteiger partial charge >= 0.3 is 0 Å². The second-order valence-corrected chi connectivity index (χ2v) is 5.82. The molecule has 0 bridgehead atoms. The zero-order valence-corrected chi connectivity index (χ0v) is 12.9. The molecule has 0 fully saturated rings. The lowest BCUT2D eigenvalue weighted by atomic mass is 9.91. The predicted molar refractivity (Wildman–Crippen MR) is 84.4 cm³/mol. The van der Waals surface area contributed by atoms with Crippen LogP contribution in [-0.4, -0.2) is 30.6 Å². The number of likely N-dealkylation sites (N-methyl/N-ethyl adjacent to an activating group) is 1. The van der Waals surface area contributed by atoms with E-state index in [2.05, 4.69) is 56.1 Å². The van der Waals surface area contributed by atoms with Crippen molar-refractivity contribution in [2.75, 3.05) is 20.1 Å². The highest BCUT2D eigenvalue weighted by molar-refractivity contribution is 5.15. The Kier molecular flexibility index (Phi) is 7.11. The minimum Gasteiger partial charge on any atom is -0.329 e. The zero-order chi connectivity index (χ0) is 14.1. The molecule has 0 heterocycles. The smallest absolute Gasteiger partial charge is 0.0303 e. The molecule has 0 aliphatic rings. The lowest BCUT2D eigenvalue weighted by molar-refractivity contribution is 0.132. The summed E-state index contributed by atoms with van der Waals surface area (Å²) in [4.78, 5) is 2.45. The summed E-state index contributed by atoms with van der Waals surface area (Å²) in [5.41, 5.74) is 7.56. The van der Waals surface area contributed by atoms with Gasteiger partial charge in [0.2, 0.25) is 0 Å². The van der Waals surface area contributed by atoms with Crippen LogP contribution in [0, 0.1) is 0 Å². The molecule has 0 spiro atoms. The summed E-state index contributed by atoms with van der Waals surface area (Å²) < 4.78 is 0. The van der Waals surface area contributed by atoms with E-state index in [9.17, 15) is 0 Å². The van der Waals surface area contributed by atoms with Crippen molar-refractivity contribution in [1.82, 2.24) is 4.90 Å². The maximum Gasteiger partial charge on any atom is 0.0303 e. The third-order valence-corrected chi connectivity index (χ3v) is 4.25. The number of nitrogens with zero attached hydrogens (tertiary/aromatic N) is 1. The van der Waals surface area contributed by atoms with Gasteiger partial charge in [0.15, 0.2) is 0 Å². The van der Waals surface area contributed by atoms with Gasteiger partial charge in [0.1, 0.15) is 0 Å². The molecule has 0 radical (unpaired) electrons. The number of aryl methyl sites for hydroxylation is 1. The molecule has 0 aromatic heterocycles. The number of benzene rings is 1. The lowest BCUT2D eigenvalue weighted by Crippen LogP contribution is -2.50. The number of hydrogen-bond acceptors (Lipinski definition) is 2. The van der Waals surface area contributed by atoms with E-state index in [1.54, 1.807) is 0 Å². The lowest BCUT2D eigenvalue weighted by Gasteiger charge is -2.38.